The molecule has 1 aliphatic heterocycles. The number of hydrogen-bond donors (Lipinski definition) is 1. The molecule has 0 amide bonds. The third-order valence-corrected chi connectivity index (χ3v) is 13.3. The van der Waals surface area contributed by atoms with Crippen molar-refractivity contribution in [1.29, 1.82) is 0 Å². The van der Waals surface area contributed by atoms with Gasteiger partial charge in [0.15, 0.2) is 6.29 Å². The van der Waals surface area contributed by atoms with E-state index in [1.807, 2.05) is 72.8 Å². The lowest BCUT2D eigenvalue weighted by atomic mass is 9.98. The molecule has 1 aliphatic rings. The highest BCUT2D eigenvalue weighted by Crippen LogP contribution is 2.38. The van der Waals surface area contributed by atoms with Crippen LogP contribution in [0, 0.1) is 0 Å². The Labute approximate surface area is 262 Å². The molecule has 4 aromatic carbocycles. The lowest BCUT2D eigenvalue weighted by Gasteiger charge is -2.47. The lowest BCUT2D eigenvalue weighted by molar-refractivity contribution is -0.310. The number of aliphatic hydroxyl groups is 1. The first-order valence-electron chi connectivity index (χ1n) is 15.3. The molecule has 0 aromatic heterocycles. The van der Waals surface area contributed by atoms with Gasteiger partial charge in [0.05, 0.1) is 19.8 Å². The molecule has 1 fully saturated rings. The molecule has 44 heavy (non-hydrogen) atoms. The molecule has 0 aliphatic carbocycles. The number of aliphatic hydroxyl groups excluding tert-OH is 1. The number of methoxy groups -OCH3 is 1. The Morgan fingerprint density at radius 2 is 1.09 bits per heavy atom. The first-order valence-corrected chi connectivity index (χ1v) is 17.2. The van der Waals surface area contributed by atoms with Crippen LogP contribution in [0.3, 0.4) is 0 Å². The fraction of sp³-hybridized carbons (Fsp3) is 0.351. The number of hydrogen-bond acceptors (Lipinski definition) is 6. The fourth-order valence-corrected chi connectivity index (χ4v) is 10.7. The average Bonchev–Trinajstić information content (AvgIpc) is 3.05. The normalized spacial score (nSPS) is 22.5. The highest BCUT2D eigenvalue weighted by Gasteiger charge is 2.53. The van der Waals surface area contributed by atoms with Crippen molar-refractivity contribution in [3.8, 4) is 0 Å². The third-order valence-electron chi connectivity index (χ3n) is 8.30. The minimum Gasteiger partial charge on any atom is -0.405 e. The molecule has 0 radical (unpaired) electrons. The molecule has 0 spiro atoms. The maximum absolute atomic E-state index is 11.4. The largest absolute Gasteiger partial charge is 0.405 e. The lowest BCUT2D eigenvalue weighted by Crippen LogP contribution is -2.68. The standard InChI is InChI=1S/C37H44O6Si/c1-37(2,3)44(30-21-13-7-14-22-30,31-23-15-8-16-24-31)42-27-32-34(40-25-28-17-9-5-10-18-28)35(33(38)36(39-4)43-32)41-26-29-19-11-6-12-20-29/h5-24,32-36,38H,25-27H2,1-4H3. The SMILES string of the molecule is COC1OC(CO[Si](c2ccccc2)(c2ccccc2)C(C)(C)C)C(OCc2ccccc2)C(OCc2ccccc2)C1O. The Morgan fingerprint density at radius 3 is 1.52 bits per heavy atom. The summed E-state index contributed by atoms with van der Waals surface area (Å²) in [6.45, 7) is 7.62. The average molecular weight is 613 g/mol. The summed E-state index contributed by atoms with van der Waals surface area (Å²) in [5, 5.41) is 13.6. The summed E-state index contributed by atoms with van der Waals surface area (Å²) in [6.07, 6.45) is -3.88. The van der Waals surface area contributed by atoms with Gasteiger partial charge >= 0.3 is 0 Å². The zero-order valence-corrected chi connectivity index (χ0v) is 27.0. The van der Waals surface area contributed by atoms with E-state index in [9.17, 15) is 5.11 Å². The maximum atomic E-state index is 11.4. The molecule has 232 valence electrons. The number of benzene rings is 4. The van der Waals surface area contributed by atoms with Gasteiger partial charge in [0.2, 0.25) is 0 Å². The molecular formula is C37H44O6Si. The van der Waals surface area contributed by atoms with E-state index in [2.05, 4.69) is 69.3 Å². The van der Waals surface area contributed by atoms with Gasteiger partial charge in [-0.3, -0.25) is 0 Å². The van der Waals surface area contributed by atoms with Crippen LogP contribution in [0.1, 0.15) is 31.9 Å². The van der Waals surface area contributed by atoms with Gasteiger partial charge < -0.3 is 28.5 Å². The minimum absolute atomic E-state index is 0.214. The van der Waals surface area contributed by atoms with E-state index in [0.717, 1.165) is 11.1 Å². The summed E-state index contributed by atoms with van der Waals surface area (Å²) in [4.78, 5) is 0. The summed E-state index contributed by atoms with van der Waals surface area (Å²) < 4.78 is 32.4. The van der Waals surface area contributed by atoms with E-state index in [1.54, 1.807) is 0 Å². The third kappa shape index (κ3) is 7.21. The van der Waals surface area contributed by atoms with Crippen LogP contribution < -0.4 is 10.4 Å². The molecule has 1 heterocycles. The van der Waals surface area contributed by atoms with E-state index in [4.69, 9.17) is 23.4 Å². The van der Waals surface area contributed by atoms with Crippen molar-refractivity contribution < 1.29 is 28.5 Å². The van der Waals surface area contributed by atoms with Gasteiger partial charge in [-0.1, -0.05) is 142 Å². The molecule has 6 nitrogen and oxygen atoms in total. The molecule has 5 atom stereocenters. The number of ether oxygens (including phenoxy) is 4. The Kier molecular flexibility index (Phi) is 10.8. The van der Waals surface area contributed by atoms with Crippen molar-refractivity contribution in [2.75, 3.05) is 13.7 Å². The minimum atomic E-state index is -2.87. The van der Waals surface area contributed by atoms with Crippen LogP contribution in [0.5, 0.6) is 0 Å². The van der Waals surface area contributed by atoms with Gasteiger partial charge in [-0.15, -0.1) is 0 Å². The summed E-state index contributed by atoms with van der Waals surface area (Å²) in [5.41, 5.74) is 2.02. The van der Waals surface area contributed by atoms with Crippen molar-refractivity contribution in [2.24, 2.45) is 0 Å². The Hall–Kier alpha value is -3.14. The molecule has 5 unspecified atom stereocenters. The van der Waals surface area contributed by atoms with Crippen LogP contribution in [0.15, 0.2) is 121 Å². The number of rotatable bonds is 12. The predicted octanol–water partition coefficient (Wildman–Crippen LogP) is 5.47. The summed E-state index contributed by atoms with van der Waals surface area (Å²) in [6, 6.07) is 40.9. The van der Waals surface area contributed by atoms with E-state index in [-0.39, 0.29) is 11.6 Å². The predicted molar refractivity (Wildman–Crippen MR) is 175 cm³/mol. The molecule has 0 bridgehead atoms. The van der Waals surface area contributed by atoms with E-state index >= 15 is 0 Å². The molecule has 7 heteroatoms. The smallest absolute Gasteiger partial charge is 0.261 e. The highest BCUT2D eigenvalue weighted by atomic mass is 28.4. The summed E-state index contributed by atoms with van der Waals surface area (Å²) >= 11 is 0. The van der Waals surface area contributed by atoms with Crippen LogP contribution in [-0.2, 0) is 36.6 Å². The topological polar surface area (TPSA) is 66.4 Å². The van der Waals surface area contributed by atoms with Gasteiger partial charge in [-0.25, -0.2) is 0 Å². The van der Waals surface area contributed by atoms with Gasteiger partial charge in [0.1, 0.15) is 24.4 Å². The molecule has 1 N–H and O–H groups in total. The maximum Gasteiger partial charge on any atom is 0.261 e. The van der Waals surface area contributed by atoms with Crippen molar-refractivity contribution in [1.82, 2.24) is 0 Å². The van der Waals surface area contributed by atoms with Crippen LogP contribution in [0.2, 0.25) is 5.04 Å². The zero-order chi connectivity index (χ0) is 31.0. The summed E-state index contributed by atoms with van der Waals surface area (Å²) in [5.74, 6) is 0. The van der Waals surface area contributed by atoms with Crippen LogP contribution >= 0.6 is 0 Å². The van der Waals surface area contributed by atoms with E-state index < -0.39 is 39.0 Å². The van der Waals surface area contributed by atoms with Gasteiger partial charge in [0.25, 0.3) is 8.32 Å². The fourth-order valence-electron chi connectivity index (χ4n) is 6.12. The van der Waals surface area contributed by atoms with E-state index in [0.29, 0.717) is 13.2 Å². The molecule has 4 aromatic rings. The first kappa shape index (κ1) is 32.3. The van der Waals surface area contributed by atoms with Gasteiger partial charge in [0, 0.05) is 7.11 Å². The Balaban J connectivity index is 1.50. The van der Waals surface area contributed by atoms with Crippen molar-refractivity contribution in [3.63, 3.8) is 0 Å². The van der Waals surface area contributed by atoms with Crippen molar-refractivity contribution >= 4 is 18.7 Å². The molecule has 1 saturated heterocycles. The highest BCUT2D eigenvalue weighted by molar-refractivity contribution is 6.99. The monoisotopic (exact) mass is 612 g/mol. The first-order chi connectivity index (χ1) is 21.3. The summed E-state index contributed by atoms with van der Waals surface area (Å²) in [7, 11) is -1.34. The Bertz CT molecular complexity index is 1360. The van der Waals surface area contributed by atoms with Crippen LogP contribution in [0.25, 0.3) is 0 Å². The second-order valence-corrected chi connectivity index (χ2v) is 16.6. The zero-order valence-electron chi connectivity index (χ0n) is 26.0. The van der Waals surface area contributed by atoms with Crippen molar-refractivity contribution in [3.05, 3.63) is 132 Å². The van der Waals surface area contributed by atoms with Gasteiger partial charge in [-0.2, -0.15) is 0 Å². The second-order valence-electron chi connectivity index (χ2n) is 12.3. The van der Waals surface area contributed by atoms with Crippen molar-refractivity contribution in [2.45, 2.75) is 69.7 Å². The van der Waals surface area contributed by atoms with Crippen LogP contribution in [0.4, 0.5) is 0 Å². The molecule has 0 saturated carbocycles. The molecular weight excluding hydrogens is 568 g/mol. The second kappa shape index (κ2) is 14.8. The Morgan fingerprint density at radius 1 is 0.659 bits per heavy atom. The van der Waals surface area contributed by atoms with Gasteiger partial charge in [-0.05, 0) is 26.5 Å². The van der Waals surface area contributed by atoms with Crippen LogP contribution in [-0.4, -0.2) is 57.8 Å². The quantitative estimate of drug-likeness (QED) is 0.214. The van der Waals surface area contributed by atoms with E-state index in [1.165, 1.54) is 17.5 Å². The molecule has 5 rings (SSSR count).